The first-order valence-corrected chi connectivity index (χ1v) is 3.39. The van der Waals surface area contributed by atoms with Gasteiger partial charge in [-0.05, 0) is 5.56 Å². The van der Waals surface area contributed by atoms with Crippen LogP contribution in [0.25, 0.3) is 0 Å². The van der Waals surface area contributed by atoms with Crippen molar-refractivity contribution in [3.63, 3.8) is 0 Å². The minimum atomic E-state index is -4.36. The van der Waals surface area contributed by atoms with Crippen LogP contribution in [-0.4, -0.2) is 6.18 Å². The molecule has 0 radical (unpaired) electrons. The van der Waals surface area contributed by atoms with E-state index in [1.807, 2.05) is 0 Å². The minimum Gasteiger partial charge on any atom is -0.316 e. The van der Waals surface area contributed by atoms with E-state index >= 15 is 0 Å². The Morgan fingerprint density at radius 3 is 1.92 bits per heavy atom. The molecule has 0 unspecified atom stereocenters. The molecule has 2 N–H and O–H groups in total. The lowest BCUT2D eigenvalue weighted by Gasteiger charge is -2.15. The summed E-state index contributed by atoms with van der Waals surface area (Å²) in [7, 11) is 0. The van der Waals surface area contributed by atoms with E-state index in [-0.39, 0.29) is 18.0 Å². The van der Waals surface area contributed by atoms with E-state index in [0.29, 0.717) is 0 Å². The molecule has 0 aliphatic rings. The van der Waals surface area contributed by atoms with Crippen LogP contribution in [0.2, 0.25) is 0 Å². The summed E-state index contributed by atoms with van der Waals surface area (Å²) in [4.78, 5) is 0. The maximum atomic E-state index is 12.0. The summed E-state index contributed by atoms with van der Waals surface area (Å²) in [6.45, 7) is 0. The molecular weight excluding hydrogens is 203 g/mol. The lowest BCUT2D eigenvalue weighted by Crippen LogP contribution is -2.28. The molecule has 13 heavy (non-hydrogen) atoms. The van der Waals surface area contributed by atoms with E-state index in [2.05, 4.69) is 0 Å². The summed E-state index contributed by atoms with van der Waals surface area (Å²) in [5.74, 6) is 0. The van der Waals surface area contributed by atoms with Gasteiger partial charge in [-0.3, -0.25) is 0 Å². The lowest BCUT2D eigenvalue weighted by atomic mass is 10.1. The molecule has 1 rings (SSSR count). The van der Waals surface area contributed by atoms with Crippen LogP contribution < -0.4 is 5.73 Å². The molecule has 0 aromatic heterocycles. The topological polar surface area (TPSA) is 26.0 Å². The highest BCUT2D eigenvalue weighted by Crippen LogP contribution is 2.29. The fourth-order valence-corrected chi connectivity index (χ4v) is 0.849. The molecule has 0 heterocycles. The van der Waals surface area contributed by atoms with Gasteiger partial charge in [0.2, 0.25) is 0 Å². The first-order valence-electron chi connectivity index (χ1n) is 3.39. The zero-order valence-corrected chi connectivity index (χ0v) is 7.40. The van der Waals surface area contributed by atoms with Gasteiger partial charge in [0.05, 0.1) is 0 Å². The monoisotopic (exact) mass is 211 g/mol. The van der Waals surface area contributed by atoms with Crippen molar-refractivity contribution in [3.8, 4) is 0 Å². The Labute approximate surface area is 80.2 Å². The highest BCUT2D eigenvalue weighted by molar-refractivity contribution is 5.85. The molecule has 0 aliphatic carbocycles. The third-order valence-electron chi connectivity index (χ3n) is 1.51. The van der Waals surface area contributed by atoms with Crippen molar-refractivity contribution in [2.75, 3.05) is 0 Å². The molecule has 0 saturated heterocycles. The average molecular weight is 212 g/mol. The van der Waals surface area contributed by atoms with Gasteiger partial charge in [-0.25, -0.2) is 0 Å². The SMILES string of the molecule is Cl.N[C@@H](c1ccccc1)C(F)(F)F. The largest absolute Gasteiger partial charge is 0.407 e. The van der Waals surface area contributed by atoms with E-state index in [1.165, 1.54) is 24.3 Å². The molecule has 1 atom stereocenters. The van der Waals surface area contributed by atoms with Crippen molar-refractivity contribution in [2.24, 2.45) is 5.73 Å². The lowest BCUT2D eigenvalue weighted by molar-refractivity contribution is -0.149. The molecule has 0 aliphatic heterocycles. The molecule has 0 fully saturated rings. The van der Waals surface area contributed by atoms with Gasteiger partial charge in [0.15, 0.2) is 0 Å². The molecule has 5 heteroatoms. The van der Waals surface area contributed by atoms with Gasteiger partial charge in [-0.15, -0.1) is 12.4 Å². The molecule has 0 bridgehead atoms. The molecule has 1 nitrogen and oxygen atoms in total. The summed E-state index contributed by atoms with van der Waals surface area (Å²) < 4.78 is 36.0. The van der Waals surface area contributed by atoms with E-state index < -0.39 is 12.2 Å². The van der Waals surface area contributed by atoms with Crippen LogP contribution in [0.1, 0.15) is 11.6 Å². The number of hydrogen-bond donors (Lipinski definition) is 1. The third kappa shape index (κ3) is 3.24. The molecule has 1 aromatic rings. The summed E-state index contributed by atoms with van der Waals surface area (Å²) in [5, 5.41) is 0. The summed E-state index contributed by atoms with van der Waals surface area (Å²) in [6.07, 6.45) is -4.36. The maximum absolute atomic E-state index is 12.0. The van der Waals surface area contributed by atoms with Gasteiger partial charge in [0.1, 0.15) is 6.04 Å². The summed E-state index contributed by atoms with van der Waals surface area (Å²) >= 11 is 0. The first-order chi connectivity index (χ1) is 5.52. The number of benzene rings is 1. The Balaban J connectivity index is 0.00000144. The van der Waals surface area contributed by atoms with Crippen LogP contribution in [0.3, 0.4) is 0 Å². The molecule has 1 aromatic carbocycles. The second-order valence-corrected chi connectivity index (χ2v) is 2.43. The van der Waals surface area contributed by atoms with Crippen LogP contribution in [0.5, 0.6) is 0 Å². The zero-order valence-electron chi connectivity index (χ0n) is 6.58. The van der Waals surface area contributed by atoms with Crippen molar-refractivity contribution >= 4 is 12.4 Å². The highest BCUT2D eigenvalue weighted by atomic mass is 35.5. The molecule has 0 spiro atoms. The van der Waals surface area contributed by atoms with Gasteiger partial charge >= 0.3 is 6.18 Å². The number of hydrogen-bond acceptors (Lipinski definition) is 1. The predicted molar refractivity (Wildman–Crippen MR) is 46.7 cm³/mol. The van der Waals surface area contributed by atoms with Crippen LogP contribution in [0.4, 0.5) is 13.2 Å². The number of nitrogens with two attached hydrogens (primary N) is 1. The number of halogens is 4. The quantitative estimate of drug-likeness (QED) is 0.760. The van der Waals surface area contributed by atoms with Gasteiger partial charge < -0.3 is 5.73 Å². The molecular formula is C8H9ClF3N. The Morgan fingerprint density at radius 2 is 1.54 bits per heavy atom. The predicted octanol–water partition coefficient (Wildman–Crippen LogP) is 2.67. The normalized spacial score (nSPS) is 13.2. The molecule has 74 valence electrons. The van der Waals surface area contributed by atoms with Crippen LogP contribution in [0.15, 0.2) is 30.3 Å². The van der Waals surface area contributed by atoms with Crippen LogP contribution in [0, 0.1) is 0 Å². The van der Waals surface area contributed by atoms with Crippen LogP contribution >= 0.6 is 12.4 Å². The maximum Gasteiger partial charge on any atom is 0.407 e. The van der Waals surface area contributed by atoms with E-state index in [1.54, 1.807) is 6.07 Å². The number of alkyl halides is 3. The fraction of sp³-hybridized carbons (Fsp3) is 0.250. The average Bonchev–Trinajstić information content (AvgIpc) is 2.03. The summed E-state index contributed by atoms with van der Waals surface area (Å²) in [6, 6.07) is 5.55. The van der Waals surface area contributed by atoms with Crippen molar-refractivity contribution < 1.29 is 13.2 Å². The smallest absolute Gasteiger partial charge is 0.316 e. The minimum absolute atomic E-state index is 0. The van der Waals surface area contributed by atoms with E-state index in [4.69, 9.17) is 5.73 Å². The fourth-order valence-electron chi connectivity index (χ4n) is 0.849. The standard InChI is InChI=1S/C8H8F3N.ClH/c9-8(10,11)7(12)6-4-2-1-3-5-6;/h1-5,7H,12H2;1H/t7-;/m0./s1. The zero-order chi connectivity index (χ0) is 9.19. The van der Waals surface area contributed by atoms with E-state index in [9.17, 15) is 13.2 Å². The second-order valence-electron chi connectivity index (χ2n) is 2.43. The summed E-state index contributed by atoms with van der Waals surface area (Å²) in [5.41, 5.74) is 5.04. The Morgan fingerprint density at radius 1 is 1.08 bits per heavy atom. The second kappa shape index (κ2) is 4.48. The Bertz CT molecular complexity index is 247. The van der Waals surface area contributed by atoms with Crippen molar-refractivity contribution in [3.05, 3.63) is 35.9 Å². The molecule has 0 saturated carbocycles. The highest BCUT2D eigenvalue weighted by Gasteiger charge is 2.37. The third-order valence-corrected chi connectivity index (χ3v) is 1.51. The van der Waals surface area contributed by atoms with Gasteiger partial charge in [0.25, 0.3) is 0 Å². The first kappa shape index (κ1) is 12.3. The van der Waals surface area contributed by atoms with E-state index in [0.717, 1.165) is 0 Å². The van der Waals surface area contributed by atoms with Gasteiger partial charge in [-0.1, -0.05) is 30.3 Å². The van der Waals surface area contributed by atoms with Gasteiger partial charge in [-0.2, -0.15) is 13.2 Å². The van der Waals surface area contributed by atoms with Crippen molar-refractivity contribution in [1.29, 1.82) is 0 Å². The van der Waals surface area contributed by atoms with Crippen molar-refractivity contribution in [1.82, 2.24) is 0 Å². The Hall–Kier alpha value is -0.740. The molecule has 0 amide bonds. The Kier molecular flexibility index (Phi) is 4.23. The number of rotatable bonds is 1. The van der Waals surface area contributed by atoms with Gasteiger partial charge in [0, 0.05) is 0 Å². The van der Waals surface area contributed by atoms with Crippen LogP contribution in [-0.2, 0) is 0 Å². The van der Waals surface area contributed by atoms with Crippen molar-refractivity contribution in [2.45, 2.75) is 12.2 Å².